The lowest BCUT2D eigenvalue weighted by Crippen LogP contribution is -2.28. The van der Waals surface area contributed by atoms with Crippen molar-refractivity contribution in [3.05, 3.63) is 100 Å². The van der Waals surface area contributed by atoms with E-state index in [2.05, 4.69) is 24.8 Å². The minimum Gasteiger partial charge on any atom is -0.496 e. The van der Waals surface area contributed by atoms with Crippen molar-refractivity contribution in [1.82, 2.24) is 4.90 Å². The van der Waals surface area contributed by atoms with Gasteiger partial charge in [0, 0.05) is 30.4 Å². The number of amidine groups is 1. The van der Waals surface area contributed by atoms with Crippen molar-refractivity contribution in [2.75, 3.05) is 25.1 Å². The zero-order chi connectivity index (χ0) is 24.6. The molecule has 1 aliphatic heterocycles. The van der Waals surface area contributed by atoms with Crippen LogP contribution in [0.15, 0.2) is 88.8 Å². The number of hydrogen-bond acceptors (Lipinski definition) is 5. The van der Waals surface area contributed by atoms with E-state index in [-0.39, 0.29) is 5.91 Å². The fraction of sp³-hybridized carbons (Fsp3) is 0.241. The summed E-state index contributed by atoms with van der Waals surface area (Å²) >= 11 is 1.42. The smallest absolute Gasteiger partial charge is 0.267 e. The average Bonchev–Trinajstić information content (AvgIpc) is 3.19. The first-order chi connectivity index (χ1) is 17.1. The Morgan fingerprint density at radius 1 is 0.943 bits per heavy atom. The van der Waals surface area contributed by atoms with Gasteiger partial charge in [0.15, 0.2) is 5.17 Å². The van der Waals surface area contributed by atoms with Crippen LogP contribution in [0.2, 0.25) is 0 Å². The topological polar surface area (TPSA) is 45.1 Å². The van der Waals surface area contributed by atoms with E-state index >= 15 is 0 Å². The van der Waals surface area contributed by atoms with Gasteiger partial charge in [-0.05, 0) is 54.9 Å². The molecule has 0 saturated carbocycles. The predicted molar refractivity (Wildman–Crippen MR) is 147 cm³/mol. The Morgan fingerprint density at radius 2 is 1.60 bits per heavy atom. The van der Waals surface area contributed by atoms with Gasteiger partial charge in [0.1, 0.15) is 5.75 Å². The number of carbonyl (C=O) groups is 1. The molecule has 6 heteroatoms. The molecule has 5 nitrogen and oxygen atoms in total. The van der Waals surface area contributed by atoms with Crippen LogP contribution in [-0.2, 0) is 17.9 Å². The molecule has 1 saturated heterocycles. The van der Waals surface area contributed by atoms with Gasteiger partial charge in [-0.3, -0.25) is 14.7 Å². The summed E-state index contributed by atoms with van der Waals surface area (Å²) in [4.78, 5) is 23.0. The van der Waals surface area contributed by atoms with Gasteiger partial charge >= 0.3 is 0 Å². The lowest BCUT2D eigenvalue weighted by atomic mass is 10.1. The molecule has 0 aromatic heterocycles. The fourth-order valence-corrected chi connectivity index (χ4v) is 4.99. The minimum absolute atomic E-state index is 0.0412. The fourth-order valence-electron chi connectivity index (χ4n) is 4.02. The van der Waals surface area contributed by atoms with Gasteiger partial charge in [-0.2, -0.15) is 0 Å². The Labute approximate surface area is 212 Å². The molecular formula is C29H31N3O2S. The molecule has 1 heterocycles. The van der Waals surface area contributed by atoms with E-state index in [4.69, 9.17) is 9.73 Å². The van der Waals surface area contributed by atoms with Crippen molar-refractivity contribution in [3.63, 3.8) is 0 Å². The molecule has 35 heavy (non-hydrogen) atoms. The largest absolute Gasteiger partial charge is 0.496 e. The number of amides is 1. The first-order valence-electron chi connectivity index (χ1n) is 11.9. The van der Waals surface area contributed by atoms with Gasteiger partial charge in [0.25, 0.3) is 5.91 Å². The van der Waals surface area contributed by atoms with E-state index in [1.165, 1.54) is 11.8 Å². The van der Waals surface area contributed by atoms with E-state index in [1.807, 2.05) is 78.9 Å². The maximum Gasteiger partial charge on any atom is 0.267 e. The highest BCUT2D eigenvalue weighted by Gasteiger charge is 2.33. The summed E-state index contributed by atoms with van der Waals surface area (Å²) in [6.45, 7) is 7.12. The van der Waals surface area contributed by atoms with Gasteiger partial charge in [-0.25, -0.2) is 0 Å². The third kappa shape index (κ3) is 5.95. The molecule has 0 spiro atoms. The van der Waals surface area contributed by atoms with E-state index in [0.717, 1.165) is 41.2 Å². The normalized spacial score (nSPS) is 15.7. The van der Waals surface area contributed by atoms with Crippen molar-refractivity contribution in [3.8, 4) is 5.75 Å². The van der Waals surface area contributed by atoms with Crippen LogP contribution in [0.5, 0.6) is 5.75 Å². The van der Waals surface area contributed by atoms with Crippen LogP contribution in [0.3, 0.4) is 0 Å². The van der Waals surface area contributed by atoms with E-state index < -0.39 is 0 Å². The highest BCUT2D eigenvalue weighted by atomic mass is 32.2. The molecular weight excluding hydrogens is 454 g/mol. The van der Waals surface area contributed by atoms with Crippen molar-refractivity contribution >= 4 is 34.6 Å². The number of thioether (sulfide) groups is 1. The highest BCUT2D eigenvalue weighted by Crippen LogP contribution is 2.36. The Kier molecular flexibility index (Phi) is 8.27. The number of benzene rings is 3. The maximum atomic E-state index is 13.5. The second kappa shape index (κ2) is 11.8. The van der Waals surface area contributed by atoms with Crippen molar-refractivity contribution in [2.24, 2.45) is 4.99 Å². The minimum atomic E-state index is -0.0412. The molecule has 1 aliphatic rings. The zero-order valence-corrected chi connectivity index (χ0v) is 21.3. The predicted octanol–water partition coefficient (Wildman–Crippen LogP) is 6.21. The second-order valence-corrected chi connectivity index (χ2v) is 9.18. The molecule has 180 valence electrons. The van der Waals surface area contributed by atoms with Crippen LogP contribution in [0.25, 0.3) is 6.08 Å². The quantitative estimate of drug-likeness (QED) is 0.338. The summed E-state index contributed by atoms with van der Waals surface area (Å²) < 4.78 is 5.69. The number of nitrogens with zero attached hydrogens (tertiary/aromatic N) is 3. The van der Waals surface area contributed by atoms with Gasteiger partial charge in [-0.1, -0.05) is 60.7 Å². The monoisotopic (exact) mass is 485 g/mol. The molecule has 0 unspecified atom stereocenters. The highest BCUT2D eigenvalue weighted by molar-refractivity contribution is 8.18. The number of aliphatic imine (C=N–C) groups is 1. The Morgan fingerprint density at radius 3 is 2.23 bits per heavy atom. The van der Waals surface area contributed by atoms with Crippen molar-refractivity contribution in [1.29, 1.82) is 0 Å². The van der Waals surface area contributed by atoms with E-state index in [0.29, 0.717) is 23.2 Å². The molecule has 1 amide bonds. The lowest BCUT2D eigenvalue weighted by molar-refractivity contribution is -0.122. The average molecular weight is 486 g/mol. The van der Waals surface area contributed by atoms with Gasteiger partial charge < -0.3 is 9.64 Å². The Hall–Kier alpha value is -3.51. The third-order valence-corrected chi connectivity index (χ3v) is 6.99. The van der Waals surface area contributed by atoms with Gasteiger partial charge in [-0.15, -0.1) is 0 Å². The van der Waals surface area contributed by atoms with Gasteiger partial charge in [0.2, 0.25) is 0 Å². The molecule has 0 aliphatic carbocycles. The van der Waals surface area contributed by atoms with E-state index in [1.54, 1.807) is 12.0 Å². The summed E-state index contributed by atoms with van der Waals surface area (Å²) in [7, 11) is 1.67. The van der Waals surface area contributed by atoms with Gasteiger partial charge in [0.05, 0.1) is 25.1 Å². The van der Waals surface area contributed by atoms with E-state index in [9.17, 15) is 4.79 Å². The van der Waals surface area contributed by atoms with Crippen LogP contribution < -0.4 is 9.64 Å². The Balaban J connectivity index is 1.65. The Bertz CT molecular complexity index is 1210. The molecule has 3 aromatic rings. The summed E-state index contributed by atoms with van der Waals surface area (Å²) in [6, 6.07) is 26.3. The van der Waals surface area contributed by atoms with Crippen LogP contribution in [0.1, 0.15) is 30.5 Å². The van der Waals surface area contributed by atoms with Crippen molar-refractivity contribution < 1.29 is 9.53 Å². The van der Waals surface area contributed by atoms with Crippen LogP contribution >= 0.6 is 11.8 Å². The van der Waals surface area contributed by atoms with Crippen LogP contribution in [0.4, 0.5) is 5.69 Å². The first-order valence-corrected chi connectivity index (χ1v) is 12.7. The zero-order valence-electron chi connectivity index (χ0n) is 20.5. The lowest BCUT2D eigenvalue weighted by Gasteiger charge is -2.22. The second-order valence-electron chi connectivity index (χ2n) is 8.17. The maximum absolute atomic E-state index is 13.5. The third-order valence-electron chi connectivity index (χ3n) is 5.94. The van der Waals surface area contributed by atoms with Crippen molar-refractivity contribution in [2.45, 2.75) is 26.9 Å². The molecule has 1 fully saturated rings. The number of hydrogen-bond donors (Lipinski definition) is 0. The summed E-state index contributed by atoms with van der Waals surface area (Å²) in [6.07, 6.45) is 1.92. The standard InChI is InChI=1S/C29H31N3O2S/c1-4-31(5-2)25-17-16-24(26(19-25)34-3)18-27-28(33)32(21-23-14-10-7-11-15-23)29(35-27)30-20-22-12-8-6-9-13-22/h6-19H,4-5,20-21H2,1-3H3/b27-18+,30-29?. The number of methoxy groups -OCH3 is 1. The number of carbonyl (C=O) groups excluding carboxylic acids is 1. The summed E-state index contributed by atoms with van der Waals surface area (Å²) in [5.41, 5.74) is 4.16. The summed E-state index contributed by atoms with van der Waals surface area (Å²) in [5, 5.41) is 0.715. The van der Waals surface area contributed by atoms with Crippen LogP contribution in [-0.4, -0.2) is 36.2 Å². The molecule has 0 N–H and O–H groups in total. The number of rotatable bonds is 9. The number of ether oxygens (including phenoxy) is 1. The first kappa shape index (κ1) is 24.6. The molecule has 0 bridgehead atoms. The molecule has 4 rings (SSSR count). The molecule has 3 aromatic carbocycles. The molecule has 0 atom stereocenters. The SMILES string of the molecule is CCN(CC)c1ccc(/C=C2/SC(=NCc3ccccc3)N(Cc3ccccc3)C2=O)c(OC)c1. The van der Waals surface area contributed by atoms with Crippen LogP contribution in [0, 0.1) is 0 Å². The number of anilines is 1. The summed E-state index contributed by atoms with van der Waals surface area (Å²) in [5.74, 6) is 0.708. The molecule has 0 radical (unpaired) electrons.